The largest absolute Gasteiger partial charge is 0.258 e. The van der Waals surface area contributed by atoms with Crippen LogP contribution in [0.5, 0.6) is 0 Å². The van der Waals surface area contributed by atoms with E-state index in [1.165, 1.54) is 18.6 Å². The summed E-state index contributed by atoms with van der Waals surface area (Å²) < 4.78 is 0. The summed E-state index contributed by atoms with van der Waals surface area (Å²) in [6.07, 6.45) is 3.59. The molecule has 0 amide bonds. The second-order valence-electron chi connectivity index (χ2n) is 3.29. The first-order valence-corrected chi connectivity index (χ1v) is 4.92. The predicted molar refractivity (Wildman–Crippen MR) is 58.7 cm³/mol. The van der Waals surface area contributed by atoms with Gasteiger partial charge < -0.3 is 0 Å². The third-order valence-electron chi connectivity index (χ3n) is 1.97. The fourth-order valence-corrected chi connectivity index (χ4v) is 1.21. The molecule has 0 spiro atoms. The molecule has 0 aromatic heterocycles. The summed E-state index contributed by atoms with van der Waals surface area (Å²) in [5.74, 6) is 0. The number of rotatable bonds is 4. The van der Waals surface area contributed by atoms with Crippen molar-refractivity contribution < 1.29 is 0 Å². The van der Waals surface area contributed by atoms with E-state index in [1.54, 1.807) is 0 Å². The van der Waals surface area contributed by atoms with Gasteiger partial charge in [0, 0.05) is 5.71 Å². The van der Waals surface area contributed by atoms with E-state index in [0.717, 1.165) is 12.1 Å². The molecule has 0 aliphatic heterocycles. The van der Waals surface area contributed by atoms with Crippen molar-refractivity contribution in [3.8, 4) is 0 Å². The normalized spacial score (nSPS) is 11.7. The van der Waals surface area contributed by atoms with Crippen LogP contribution in [-0.4, -0.2) is 5.71 Å². The van der Waals surface area contributed by atoms with E-state index in [0.29, 0.717) is 0 Å². The van der Waals surface area contributed by atoms with Gasteiger partial charge in [-0.15, -0.1) is 0 Å². The average molecular weight is 175 g/mol. The molecule has 1 aromatic rings. The summed E-state index contributed by atoms with van der Waals surface area (Å²) in [6, 6.07) is 10.1. The number of benzene rings is 1. The van der Waals surface area contributed by atoms with Crippen LogP contribution in [0.15, 0.2) is 35.3 Å². The van der Waals surface area contributed by atoms with Crippen molar-refractivity contribution in [1.82, 2.24) is 0 Å². The van der Waals surface area contributed by atoms with Crippen LogP contribution >= 0.6 is 0 Å². The van der Waals surface area contributed by atoms with Crippen LogP contribution < -0.4 is 0 Å². The average Bonchev–Trinajstić information content (AvgIpc) is 2.16. The van der Waals surface area contributed by atoms with Crippen LogP contribution in [0.2, 0.25) is 0 Å². The highest BCUT2D eigenvalue weighted by Gasteiger charge is 1.91. The Bertz CT molecular complexity index is 262. The second kappa shape index (κ2) is 5.52. The van der Waals surface area contributed by atoms with Gasteiger partial charge in [0.05, 0.1) is 5.69 Å². The van der Waals surface area contributed by atoms with Crippen molar-refractivity contribution in [1.29, 1.82) is 0 Å². The van der Waals surface area contributed by atoms with Crippen LogP contribution in [0.4, 0.5) is 5.69 Å². The topological polar surface area (TPSA) is 12.4 Å². The highest BCUT2D eigenvalue weighted by molar-refractivity contribution is 5.84. The fourth-order valence-electron chi connectivity index (χ4n) is 1.21. The Balaban J connectivity index is 2.55. The minimum absolute atomic E-state index is 1.07. The number of aliphatic imine (C=N–C) groups is 1. The number of para-hydroxylation sites is 1. The standard InChI is InChI=1S/C12H17N/c1-3-4-8-11(2)13-12-9-6-5-7-10-12/h5-7,9-10H,3-4,8H2,1-2H3/b13-11+. The van der Waals surface area contributed by atoms with E-state index < -0.39 is 0 Å². The molecule has 1 aromatic carbocycles. The third-order valence-corrected chi connectivity index (χ3v) is 1.97. The molecule has 0 unspecified atom stereocenters. The van der Waals surface area contributed by atoms with E-state index in [2.05, 4.69) is 18.8 Å². The molecule has 0 atom stereocenters. The lowest BCUT2D eigenvalue weighted by molar-refractivity contribution is 0.833. The first-order chi connectivity index (χ1) is 6.33. The van der Waals surface area contributed by atoms with Gasteiger partial charge in [0.1, 0.15) is 0 Å². The summed E-state index contributed by atoms with van der Waals surface area (Å²) >= 11 is 0. The van der Waals surface area contributed by atoms with Gasteiger partial charge in [-0.1, -0.05) is 31.5 Å². The number of hydrogen-bond donors (Lipinski definition) is 0. The summed E-state index contributed by atoms with van der Waals surface area (Å²) in [5, 5.41) is 0. The molecule has 70 valence electrons. The van der Waals surface area contributed by atoms with Crippen molar-refractivity contribution in [2.75, 3.05) is 0 Å². The van der Waals surface area contributed by atoms with E-state index in [4.69, 9.17) is 0 Å². The molecule has 0 radical (unpaired) electrons. The monoisotopic (exact) mass is 175 g/mol. The van der Waals surface area contributed by atoms with Crippen LogP contribution in [0.25, 0.3) is 0 Å². The molecule has 13 heavy (non-hydrogen) atoms. The van der Waals surface area contributed by atoms with E-state index in [1.807, 2.05) is 30.3 Å². The van der Waals surface area contributed by atoms with Crippen LogP contribution in [-0.2, 0) is 0 Å². The van der Waals surface area contributed by atoms with Gasteiger partial charge in [0.2, 0.25) is 0 Å². The minimum atomic E-state index is 1.07. The van der Waals surface area contributed by atoms with Crippen LogP contribution in [0.1, 0.15) is 33.1 Å². The lowest BCUT2D eigenvalue weighted by Gasteiger charge is -1.98. The van der Waals surface area contributed by atoms with Gasteiger partial charge in [-0.25, -0.2) is 0 Å². The molecule has 1 rings (SSSR count). The van der Waals surface area contributed by atoms with Crippen molar-refractivity contribution in [3.63, 3.8) is 0 Å². The summed E-state index contributed by atoms with van der Waals surface area (Å²) in [5.41, 5.74) is 2.30. The minimum Gasteiger partial charge on any atom is -0.258 e. The Morgan fingerprint density at radius 3 is 2.54 bits per heavy atom. The Hall–Kier alpha value is -1.11. The van der Waals surface area contributed by atoms with Gasteiger partial charge in [-0.3, -0.25) is 4.99 Å². The van der Waals surface area contributed by atoms with Crippen molar-refractivity contribution in [2.24, 2.45) is 4.99 Å². The Morgan fingerprint density at radius 1 is 1.23 bits per heavy atom. The molecular weight excluding hydrogens is 158 g/mol. The zero-order valence-corrected chi connectivity index (χ0v) is 8.46. The molecule has 1 nitrogen and oxygen atoms in total. The highest BCUT2D eigenvalue weighted by Crippen LogP contribution is 2.11. The van der Waals surface area contributed by atoms with E-state index >= 15 is 0 Å². The summed E-state index contributed by atoms with van der Waals surface area (Å²) in [6.45, 7) is 4.30. The Morgan fingerprint density at radius 2 is 1.92 bits per heavy atom. The van der Waals surface area contributed by atoms with Crippen molar-refractivity contribution in [2.45, 2.75) is 33.1 Å². The first kappa shape index (κ1) is 9.97. The summed E-state index contributed by atoms with van der Waals surface area (Å²) in [4.78, 5) is 4.51. The quantitative estimate of drug-likeness (QED) is 0.614. The van der Waals surface area contributed by atoms with Crippen molar-refractivity contribution >= 4 is 11.4 Å². The predicted octanol–water partition coefficient (Wildman–Crippen LogP) is 3.97. The van der Waals surface area contributed by atoms with Crippen LogP contribution in [0, 0.1) is 0 Å². The zero-order valence-electron chi connectivity index (χ0n) is 8.46. The van der Waals surface area contributed by atoms with Gasteiger partial charge in [0.25, 0.3) is 0 Å². The van der Waals surface area contributed by atoms with Gasteiger partial charge in [-0.2, -0.15) is 0 Å². The smallest absolute Gasteiger partial charge is 0.0628 e. The summed E-state index contributed by atoms with van der Waals surface area (Å²) in [7, 11) is 0. The molecule has 0 bridgehead atoms. The number of hydrogen-bond acceptors (Lipinski definition) is 1. The maximum Gasteiger partial charge on any atom is 0.0628 e. The van der Waals surface area contributed by atoms with Crippen molar-refractivity contribution in [3.05, 3.63) is 30.3 Å². The zero-order chi connectivity index (χ0) is 9.52. The Labute approximate surface area is 80.5 Å². The highest BCUT2D eigenvalue weighted by atomic mass is 14.7. The molecule has 0 saturated heterocycles. The fraction of sp³-hybridized carbons (Fsp3) is 0.417. The lowest BCUT2D eigenvalue weighted by atomic mass is 10.2. The maximum atomic E-state index is 4.51. The second-order valence-corrected chi connectivity index (χ2v) is 3.29. The molecule has 0 heterocycles. The third kappa shape index (κ3) is 3.88. The molecule has 1 heteroatoms. The molecule has 0 fully saturated rings. The number of unbranched alkanes of at least 4 members (excludes halogenated alkanes) is 1. The van der Waals surface area contributed by atoms with E-state index in [-0.39, 0.29) is 0 Å². The molecule has 0 N–H and O–H groups in total. The number of nitrogens with zero attached hydrogens (tertiary/aromatic N) is 1. The van der Waals surface area contributed by atoms with Gasteiger partial charge >= 0.3 is 0 Å². The van der Waals surface area contributed by atoms with Gasteiger partial charge in [0.15, 0.2) is 0 Å². The molecule has 0 aliphatic rings. The lowest BCUT2D eigenvalue weighted by Crippen LogP contribution is -1.89. The van der Waals surface area contributed by atoms with Gasteiger partial charge in [-0.05, 0) is 31.9 Å². The Kier molecular flexibility index (Phi) is 4.24. The molecular formula is C12H17N. The van der Waals surface area contributed by atoms with E-state index in [9.17, 15) is 0 Å². The first-order valence-electron chi connectivity index (χ1n) is 4.92. The molecule has 0 aliphatic carbocycles. The SMILES string of the molecule is CCCC/C(C)=N/c1ccccc1. The maximum absolute atomic E-state index is 4.51. The molecule has 0 saturated carbocycles. The van der Waals surface area contributed by atoms with Crippen LogP contribution in [0.3, 0.4) is 0 Å².